The van der Waals surface area contributed by atoms with Gasteiger partial charge in [-0.25, -0.2) is 13.9 Å². The van der Waals surface area contributed by atoms with E-state index in [9.17, 15) is 27.2 Å². The van der Waals surface area contributed by atoms with Gasteiger partial charge in [0.25, 0.3) is 17.5 Å². The van der Waals surface area contributed by atoms with E-state index in [2.05, 4.69) is 20.4 Å². The van der Waals surface area contributed by atoms with E-state index < -0.39 is 35.8 Å². The van der Waals surface area contributed by atoms with Gasteiger partial charge in [0, 0.05) is 23.5 Å². The highest BCUT2D eigenvalue weighted by Gasteiger charge is 2.37. The van der Waals surface area contributed by atoms with Crippen LogP contribution in [0.5, 0.6) is 0 Å². The molecule has 0 radical (unpaired) electrons. The van der Waals surface area contributed by atoms with Crippen LogP contribution in [0.1, 0.15) is 41.7 Å². The van der Waals surface area contributed by atoms with Crippen molar-refractivity contribution in [3.05, 3.63) is 52.4 Å². The number of alkyl halides is 3. The van der Waals surface area contributed by atoms with E-state index in [1.807, 2.05) is 0 Å². The average Bonchev–Trinajstić information content (AvgIpc) is 3.15. The normalized spacial score (nSPS) is 12.6. The Hall–Kier alpha value is -3.57. The zero-order valence-electron chi connectivity index (χ0n) is 18.2. The largest absolute Gasteiger partial charge is 0.453 e. The summed E-state index contributed by atoms with van der Waals surface area (Å²) in [6.45, 7) is 6.09. The fraction of sp³-hybridized carbons (Fsp3) is 0.381. The van der Waals surface area contributed by atoms with E-state index in [4.69, 9.17) is 4.74 Å². The van der Waals surface area contributed by atoms with Gasteiger partial charge < -0.3 is 10.1 Å². The molecule has 12 heteroatoms. The molecule has 1 amide bonds. The molecule has 33 heavy (non-hydrogen) atoms. The van der Waals surface area contributed by atoms with Gasteiger partial charge >= 0.3 is 12.1 Å². The number of halogens is 4. The maximum Gasteiger partial charge on any atom is 0.453 e. The van der Waals surface area contributed by atoms with Gasteiger partial charge in [-0.15, -0.1) is 5.10 Å². The van der Waals surface area contributed by atoms with Crippen LogP contribution in [0, 0.1) is 26.6 Å². The van der Waals surface area contributed by atoms with E-state index in [1.54, 1.807) is 20.8 Å². The molecule has 1 atom stereocenters. The summed E-state index contributed by atoms with van der Waals surface area (Å²) in [5.41, 5.74) is 1.93. The summed E-state index contributed by atoms with van der Waals surface area (Å²) >= 11 is 0. The molecule has 0 saturated heterocycles. The predicted molar refractivity (Wildman–Crippen MR) is 109 cm³/mol. The number of aryl methyl sites for hydroxylation is 3. The van der Waals surface area contributed by atoms with E-state index in [0.717, 1.165) is 10.6 Å². The van der Waals surface area contributed by atoms with Gasteiger partial charge in [-0.3, -0.25) is 9.59 Å². The fourth-order valence-corrected chi connectivity index (χ4v) is 3.14. The van der Waals surface area contributed by atoms with Crippen LogP contribution in [0.4, 0.5) is 23.2 Å². The number of carbonyl (C=O) groups excluding carboxylic acids is 2. The minimum atomic E-state index is -4.71. The van der Waals surface area contributed by atoms with Crippen LogP contribution in [-0.4, -0.2) is 37.6 Å². The molecule has 0 saturated carbocycles. The topological polar surface area (TPSA) is 98.5 Å². The third kappa shape index (κ3) is 5.44. The molecule has 3 aromatic rings. The summed E-state index contributed by atoms with van der Waals surface area (Å²) < 4.78 is 58.4. The van der Waals surface area contributed by atoms with E-state index >= 15 is 0 Å². The van der Waals surface area contributed by atoms with Gasteiger partial charge in [-0.1, -0.05) is 6.07 Å². The van der Waals surface area contributed by atoms with Crippen molar-refractivity contribution >= 4 is 23.3 Å². The van der Waals surface area contributed by atoms with Gasteiger partial charge in [0.1, 0.15) is 5.82 Å². The molecule has 0 aliphatic carbocycles. The number of esters is 1. The Bertz CT molecular complexity index is 1220. The molecule has 0 spiro atoms. The fourth-order valence-electron chi connectivity index (χ4n) is 3.14. The quantitative estimate of drug-likeness (QED) is 0.438. The van der Waals surface area contributed by atoms with Gasteiger partial charge in [-0.2, -0.15) is 18.2 Å². The third-order valence-corrected chi connectivity index (χ3v) is 5.00. The van der Waals surface area contributed by atoms with E-state index in [-0.39, 0.29) is 24.3 Å². The molecule has 0 aliphatic heterocycles. The zero-order chi connectivity index (χ0) is 24.5. The Morgan fingerprint density at radius 2 is 1.88 bits per heavy atom. The second-order valence-corrected chi connectivity index (χ2v) is 7.49. The lowest BCUT2D eigenvalue weighted by Crippen LogP contribution is -2.30. The first-order valence-electron chi connectivity index (χ1n) is 9.93. The summed E-state index contributed by atoms with van der Waals surface area (Å²) in [7, 11) is 0. The van der Waals surface area contributed by atoms with Crippen molar-refractivity contribution < 1.29 is 31.9 Å². The zero-order valence-corrected chi connectivity index (χ0v) is 18.2. The number of benzene rings is 1. The van der Waals surface area contributed by atoms with Gasteiger partial charge in [0.05, 0.1) is 0 Å². The van der Waals surface area contributed by atoms with Crippen LogP contribution in [0.15, 0.2) is 18.2 Å². The Labute approximate surface area is 186 Å². The number of fused-ring (bicyclic) bond motifs is 1. The number of rotatable bonds is 6. The highest BCUT2D eigenvalue weighted by Crippen LogP contribution is 2.27. The molecule has 1 unspecified atom stereocenters. The van der Waals surface area contributed by atoms with Crippen LogP contribution in [0.25, 0.3) is 5.78 Å². The van der Waals surface area contributed by atoms with E-state index in [0.29, 0.717) is 22.5 Å². The van der Waals surface area contributed by atoms with Crippen LogP contribution in [0.2, 0.25) is 0 Å². The lowest BCUT2D eigenvalue weighted by Gasteiger charge is -2.14. The summed E-state index contributed by atoms with van der Waals surface area (Å²) in [4.78, 5) is 31.9. The lowest BCUT2D eigenvalue weighted by atomic mass is 10.1. The molecule has 8 nitrogen and oxygen atoms in total. The number of ether oxygens (including phenoxy) is 1. The molecule has 176 valence electrons. The Morgan fingerprint density at radius 1 is 1.18 bits per heavy atom. The number of carbonyl (C=O) groups is 2. The van der Waals surface area contributed by atoms with Crippen molar-refractivity contribution in [3.8, 4) is 0 Å². The molecule has 2 heterocycles. The van der Waals surface area contributed by atoms with Gasteiger partial charge in [-0.05, 0) is 57.4 Å². The van der Waals surface area contributed by atoms with Crippen LogP contribution in [-0.2, 0) is 26.9 Å². The molecule has 1 N–H and O–H groups in total. The molecule has 0 aliphatic rings. The van der Waals surface area contributed by atoms with Crippen molar-refractivity contribution in [1.82, 2.24) is 19.6 Å². The minimum absolute atomic E-state index is 0.109. The highest BCUT2D eigenvalue weighted by atomic mass is 19.4. The van der Waals surface area contributed by atoms with Crippen LogP contribution in [0.3, 0.4) is 0 Å². The number of nitrogens with one attached hydrogen (secondary N) is 1. The number of hydrogen-bond acceptors (Lipinski definition) is 6. The SMILES string of the molecule is Cc1ccc(NC(=O)C(C)OC(=O)CCc2c(C)nc3nc(C(F)(F)F)nn3c2C)cc1F. The van der Waals surface area contributed by atoms with Crippen molar-refractivity contribution in [2.45, 2.75) is 52.8 Å². The first-order valence-corrected chi connectivity index (χ1v) is 9.93. The van der Waals surface area contributed by atoms with Crippen LogP contribution >= 0.6 is 0 Å². The smallest absolute Gasteiger partial charge is 0.453 e. The molecule has 3 rings (SSSR count). The van der Waals surface area contributed by atoms with Crippen molar-refractivity contribution in [3.63, 3.8) is 0 Å². The summed E-state index contributed by atoms with van der Waals surface area (Å²) in [6, 6.07) is 4.18. The van der Waals surface area contributed by atoms with Gasteiger partial charge in [0.15, 0.2) is 6.10 Å². The Morgan fingerprint density at radius 3 is 2.52 bits per heavy atom. The molecule has 2 aromatic heterocycles. The van der Waals surface area contributed by atoms with Gasteiger partial charge in [0.2, 0.25) is 0 Å². The third-order valence-electron chi connectivity index (χ3n) is 5.00. The maximum absolute atomic E-state index is 13.6. The Kier molecular flexibility index (Phi) is 6.65. The van der Waals surface area contributed by atoms with Crippen molar-refractivity contribution in [2.75, 3.05) is 5.32 Å². The molecule has 0 bridgehead atoms. The minimum Gasteiger partial charge on any atom is -0.453 e. The second-order valence-electron chi connectivity index (χ2n) is 7.49. The van der Waals surface area contributed by atoms with Crippen molar-refractivity contribution in [2.24, 2.45) is 0 Å². The second kappa shape index (κ2) is 9.12. The highest BCUT2D eigenvalue weighted by molar-refractivity contribution is 5.95. The number of aromatic nitrogens is 4. The number of amides is 1. The monoisotopic (exact) mass is 467 g/mol. The average molecular weight is 467 g/mol. The number of nitrogens with zero attached hydrogens (tertiary/aromatic N) is 4. The maximum atomic E-state index is 13.6. The molecule has 1 aromatic carbocycles. The summed E-state index contributed by atoms with van der Waals surface area (Å²) in [5.74, 6) is -3.31. The molecule has 0 fully saturated rings. The Balaban J connectivity index is 1.64. The number of anilines is 1. The van der Waals surface area contributed by atoms with Crippen molar-refractivity contribution in [1.29, 1.82) is 0 Å². The summed E-state index contributed by atoms with van der Waals surface area (Å²) in [5, 5.41) is 5.92. The molecular weight excluding hydrogens is 446 g/mol. The standard InChI is InChI=1S/C21H21F4N5O3/c1-10-5-6-14(9-16(10)22)27-18(32)13(4)33-17(31)8-7-15-11(2)26-20-28-19(21(23,24)25)29-30(20)12(15)3/h5-6,9,13H,7-8H2,1-4H3,(H,27,32). The molecular formula is C21H21F4N5O3. The lowest BCUT2D eigenvalue weighted by molar-refractivity contribution is -0.153. The van der Waals surface area contributed by atoms with E-state index in [1.165, 1.54) is 19.1 Å². The first-order chi connectivity index (χ1) is 15.4. The number of hydrogen-bond donors (Lipinski definition) is 1. The van der Waals surface area contributed by atoms with Crippen LogP contribution < -0.4 is 5.32 Å². The first kappa shape index (κ1) is 24.1. The predicted octanol–water partition coefficient (Wildman–Crippen LogP) is 3.71. The summed E-state index contributed by atoms with van der Waals surface area (Å²) in [6.07, 6.45) is -5.89.